The van der Waals surface area contributed by atoms with Crippen LogP contribution in [-0.2, 0) is 0 Å². The molecule has 0 saturated carbocycles. The van der Waals surface area contributed by atoms with E-state index in [4.69, 9.17) is 27.9 Å². The summed E-state index contributed by atoms with van der Waals surface area (Å²) in [6.07, 6.45) is 0.585. The summed E-state index contributed by atoms with van der Waals surface area (Å²) in [5.74, 6) is 0.0236. The summed E-state index contributed by atoms with van der Waals surface area (Å²) >= 11 is 11.8. The van der Waals surface area contributed by atoms with Crippen LogP contribution >= 0.6 is 23.2 Å². The molecule has 1 atom stereocenters. The summed E-state index contributed by atoms with van der Waals surface area (Å²) in [5.41, 5.74) is 0.320. The zero-order chi connectivity index (χ0) is 15.2. The molecule has 1 aromatic heterocycles. The van der Waals surface area contributed by atoms with Crippen LogP contribution in [0.25, 0.3) is 0 Å². The average Bonchev–Trinajstić information content (AvgIpc) is 3.00. The van der Waals surface area contributed by atoms with Crippen molar-refractivity contribution in [1.82, 2.24) is 15.5 Å². The third-order valence-electron chi connectivity index (χ3n) is 2.59. The van der Waals surface area contributed by atoms with E-state index in [9.17, 15) is 9.90 Å². The van der Waals surface area contributed by atoms with Crippen LogP contribution in [0.3, 0.4) is 0 Å². The number of hydrogen-bond donors (Lipinski definition) is 3. The first kappa shape index (κ1) is 15.6. The highest BCUT2D eigenvalue weighted by Gasteiger charge is 2.12. The van der Waals surface area contributed by atoms with Crippen molar-refractivity contribution in [3.63, 3.8) is 0 Å². The molecule has 1 heterocycles. The fourth-order valence-electron chi connectivity index (χ4n) is 1.53. The normalized spacial score (nSPS) is 12.0. The molecule has 0 radical (unpaired) electrons. The van der Waals surface area contributed by atoms with E-state index in [0.29, 0.717) is 16.5 Å². The fraction of sp³-hybridized carbons (Fsp3) is 0.231. The monoisotopic (exact) mass is 329 g/mol. The Balaban J connectivity index is 1.78. The molecule has 2 rings (SSSR count). The second-order valence-electron chi connectivity index (χ2n) is 4.20. The van der Waals surface area contributed by atoms with Crippen LogP contribution in [0.4, 0.5) is 0 Å². The first-order chi connectivity index (χ1) is 10.1. The van der Waals surface area contributed by atoms with Crippen LogP contribution in [0.15, 0.2) is 30.5 Å². The Hall–Kier alpha value is -1.76. The molecule has 6 nitrogen and oxygen atoms in total. The van der Waals surface area contributed by atoms with E-state index in [1.165, 1.54) is 12.3 Å². The Morgan fingerprint density at radius 2 is 2.24 bits per heavy atom. The Morgan fingerprint density at radius 3 is 2.95 bits per heavy atom. The van der Waals surface area contributed by atoms with Gasteiger partial charge in [0.15, 0.2) is 0 Å². The number of aliphatic hydroxyl groups is 1. The number of halogens is 2. The molecule has 0 aliphatic rings. The van der Waals surface area contributed by atoms with E-state index in [0.717, 1.165) is 0 Å². The molecular weight excluding hydrogens is 317 g/mol. The molecule has 3 N–H and O–H groups in total. The zero-order valence-electron chi connectivity index (χ0n) is 10.8. The molecular formula is C13H13Cl2N3O3. The Morgan fingerprint density at radius 1 is 1.43 bits per heavy atom. The van der Waals surface area contributed by atoms with Crippen LogP contribution < -0.4 is 10.1 Å². The second-order valence-corrected chi connectivity index (χ2v) is 4.98. The van der Waals surface area contributed by atoms with Crippen molar-refractivity contribution < 1.29 is 14.6 Å². The molecule has 2 aromatic rings. The van der Waals surface area contributed by atoms with Crippen LogP contribution in [0.2, 0.25) is 10.0 Å². The third-order valence-corrected chi connectivity index (χ3v) is 3.39. The summed E-state index contributed by atoms with van der Waals surface area (Å²) in [4.78, 5) is 11.6. The standard InChI is InChI=1S/C13H13Cl2N3O3/c14-9-2-1-3-11(12(9)15)21-7-8(19)6-16-13(20)10-4-5-17-18-10/h1-5,8,19H,6-7H2,(H,16,20)(H,17,18). The van der Waals surface area contributed by atoms with Gasteiger partial charge >= 0.3 is 0 Å². The van der Waals surface area contributed by atoms with Gasteiger partial charge in [-0.05, 0) is 18.2 Å². The molecule has 0 aliphatic carbocycles. The Labute approximate surface area is 131 Å². The highest BCUT2D eigenvalue weighted by molar-refractivity contribution is 6.42. The predicted molar refractivity (Wildman–Crippen MR) is 78.9 cm³/mol. The minimum absolute atomic E-state index is 0.0245. The van der Waals surface area contributed by atoms with Crippen molar-refractivity contribution in [2.24, 2.45) is 0 Å². The number of benzene rings is 1. The van der Waals surface area contributed by atoms with Gasteiger partial charge in [0.05, 0.1) is 5.02 Å². The topological polar surface area (TPSA) is 87.2 Å². The van der Waals surface area contributed by atoms with Crippen LogP contribution in [0.5, 0.6) is 5.75 Å². The summed E-state index contributed by atoms with van der Waals surface area (Å²) in [5, 5.41) is 19.2. The first-order valence-corrected chi connectivity index (χ1v) is 6.86. The van der Waals surface area contributed by atoms with E-state index < -0.39 is 6.10 Å². The number of amides is 1. The van der Waals surface area contributed by atoms with Crippen LogP contribution in [0, 0.1) is 0 Å². The molecule has 0 bridgehead atoms. The van der Waals surface area contributed by atoms with Gasteiger partial charge in [-0.1, -0.05) is 29.3 Å². The van der Waals surface area contributed by atoms with Gasteiger partial charge in [0.25, 0.3) is 5.91 Å². The van der Waals surface area contributed by atoms with Crippen molar-refractivity contribution in [3.8, 4) is 5.75 Å². The lowest BCUT2D eigenvalue weighted by Gasteiger charge is -2.14. The molecule has 0 saturated heterocycles. The largest absolute Gasteiger partial charge is 0.489 e. The summed E-state index contributed by atoms with van der Waals surface area (Å²) < 4.78 is 5.36. The highest BCUT2D eigenvalue weighted by Crippen LogP contribution is 2.31. The maximum absolute atomic E-state index is 11.6. The fourth-order valence-corrected chi connectivity index (χ4v) is 1.87. The maximum Gasteiger partial charge on any atom is 0.269 e. The average molecular weight is 330 g/mol. The van der Waals surface area contributed by atoms with E-state index in [1.54, 1.807) is 18.2 Å². The lowest BCUT2D eigenvalue weighted by molar-refractivity contribution is 0.0840. The number of H-pyrrole nitrogens is 1. The Kier molecular flexibility index (Phi) is 5.44. The molecule has 112 valence electrons. The number of rotatable bonds is 6. The van der Waals surface area contributed by atoms with E-state index in [1.807, 2.05) is 0 Å². The quantitative estimate of drug-likeness (QED) is 0.755. The van der Waals surface area contributed by atoms with E-state index >= 15 is 0 Å². The number of ether oxygens (including phenoxy) is 1. The van der Waals surface area contributed by atoms with Gasteiger partial charge in [0, 0.05) is 12.7 Å². The predicted octanol–water partition coefficient (Wildman–Crippen LogP) is 1.89. The van der Waals surface area contributed by atoms with Gasteiger partial charge in [0.1, 0.15) is 29.2 Å². The van der Waals surface area contributed by atoms with Gasteiger partial charge in [-0.25, -0.2) is 0 Å². The number of aliphatic hydroxyl groups excluding tert-OH is 1. The Bertz CT molecular complexity index is 605. The summed E-state index contributed by atoms with van der Waals surface area (Å²) in [6.45, 7) is 0.0133. The minimum atomic E-state index is -0.882. The zero-order valence-corrected chi connectivity index (χ0v) is 12.4. The van der Waals surface area contributed by atoms with Crippen molar-refractivity contribution in [1.29, 1.82) is 0 Å². The SMILES string of the molecule is O=C(NCC(O)COc1cccc(Cl)c1Cl)c1ccn[nH]1. The van der Waals surface area contributed by atoms with Crippen molar-refractivity contribution >= 4 is 29.1 Å². The smallest absolute Gasteiger partial charge is 0.269 e. The van der Waals surface area contributed by atoms with Crippen molar-refractivity contribution in [3.05, 3.63) is 46.2 Å². The molecule has 0 fully saturated rings. The van der Waals surface area contributed by atoms with E-state index in [2.05, 4.69) is 15.5 Å². The molecule has 8 heteroatoms. The van der Waals surface area contributed by atoms with Crippen LogP contribution in [0.1, 0.15) is 10.5 Å². The number of carbonyl (C=O) groups excluding carboxylic acids is 1. The summed E-state index contributed by atoms with van der Waals surface area (Å²) in [6, 6.07) is 6.50. The first-order valence-electron chi connectivity index (χ1n) is 6.10. The highest BCUT2D eigenvalue weighted by atomic mass is 35.5. The van der Waals surface area contributed by atoms with E-state index in [-0.39, 0.29) is 24.1 Å². The lowest BCUT2D eigenvalue weighted by Crippen LogP contribution is -2.35. The number of nitrogens with one attached hydrogen (secondary N) is 2. The molecule has 0 spiro atoms. The molecule has 0 aliphatic heterocycles. The molecule has 1 amide bonds. The van der Waals surface area contributed by atoms with Gasteiger partial charge < -0.3 is 15.2 Å². The molecule has 21 heavy (non-hydrogen) atoms. The molecule has 1 unspecified atom stereocenters. The lowest BCUT2D eigenvalue weighted by atomic mass is 10.3. The van der Waals surface area contributed by atoms with Gasteiger partial charge in [-0.3, -0.25) is 9.89 Å². The van der Waals surface area contributed by atoms with Gasteiger partial charge in [-0.15, -0.1) is 0 Å². The van der Waals surface area contributed by atoms with Crippen molar-refractivity contribution in [2.45, 2.75) is 6.10 Å². The van der Waals surface area contributed by atoms with Gasteiger partial charge in [-0.2, -0.15) is 5.10 Å². The number of nitrogens with zero attached hydrogens (tertiary/aromatic N) is 1. The maximum atomic E-state index is 11.6. The third kappa shape index (κ3) is 4.35. The minimum Gasteiger partial charge on any atom is -0.489 e. The van der Waals surface area contributed by atoms with Gasteiger partial charge in [0.2, 0.25) is 0 Å². The van der Waals surface area contributed by atoms with Crippen LogP contribution in [-0.4, -0.2) is 40.5 Å². The molecule has 1 aromatic carbocycles. The number of carbonyl (C=O) groups is 1. The van der Waals surface area contributed by atoms with Crippen molar-refractivity contribution in [2.75, 3.05) is 13.2 Å². The number of aromatic amines is 1. The number of hydrogen-bond acceptors (Lipinski definition) is 4. The second kappa shape index (κ2) is 7.31. The summed E-state index contributed by atoms with van der Waals surface area (Å²) in [7, 11) is 0. The number of aromatic nitrogens is 2.